The number of Topliss-reactive ketones (excluding diaryl/α,β-unsaturated/α-hetero) is 1. The normalized spacial score (nSPS) is 18.4. The highest BCUT2D eigenvalue weighted by Gasteiger charge is 2.43. The van der Waals surface area contributed by atoms with Gasteiger partial charge in [-0.15, -0.1) is 0 Å². The van der Waals surface area contributed by atoms with Gasteiger partial charge in [0.2, 0.25) is 0 Å². The lowest BCUT2D eigenvalue weighted by atomic mass is 9.74. The van der Waals surface area contributed by atoms with Crippen LogP contribution in [0.4, 0.5) is 0 Å². The summed E-state index contributed by atoms with van der Waals surface area (Å²) in [5, 5.41) is 0.328. The summed E-state index contributed by atoms with van der Waals surface area (Å²) >= 11 is 5.95. The Morgan fingerprint density at radius 3 is 2.66 bits per heavy atom. The van der Waals surface area contributed by atoms with Crippen LogP contribution in [0.1, 0.15) is 51.9 Å². The van der Waals surface area contributed by atoms with Crippen molar-refractivity contribution < 1.29 is 4.79 Å². The van der Waals surface area contributed by atoms with E-state index in [0.717, 1.165) is 44.6 Å². The number of pyridine rings is 1. The van der Waals surface area contributed by atoms with Gasteiger partial charge in [-0.25, -0.2) is 4.98 Å². The first-order chi connectivity index (χ1) is 17.0. The van der Waals surface area contributed by atoms with Crippen LogP contribution in [0.25, 0.3) is 6.08 Å². The molecule has 0 N–H and O–H groups in total. The van der Waals surface area contributed by atoms with Crippen molar-refractivity contribution in [2.45, 2.75) is 31.6 Å². The number of carbonyl (C=O) groups is 1. The number of hydrogen-bond donors (Lipinski definition) is 0. The van der Waals surface area contributed by atoms with Crippen molar-refractivity contribution in [3.05, 3.63) is 106 Å². The second-order valence-corrected chi connectivity index (χ2v) is 10.1. The summed E-state index contributed by atoms with van der Waals surface area (Å²) in [5.74, 6) is -0.0320. The average Bonchev–Trinajstić information content (AvgIpc) is 3.18. The summed E-state index contributed by atoms with van der Waals surface area (Å²) in [6.45, 7) is 5.34. The van der Waals surface area contributed by atoms with Crippen molar-refractivity contribution in [1.29, 1.82) is 0 Å². The fourth-order valence-corrected chi connectivity index (χ4v) is 5.48. The van der Waals surface area contributed by atoms with Crippen LogP contribution >= 0.6 is 11.6 Å². The van der Waals surface area contributed by atoms with Gasteiger partial charge < -0.3 is 0 Å². The summed E-state index contributed by atoms with van der Waals surface area (Å²) in [6.07, 6.45) is 9.17. The van der Waals surface area contributed by atoms with Crippen molar-refractivity contribution in [2.24, 2.45) is 4.99 Å². The zero-order chi connectivity index (χ0) is 24.3. The minimum atomic E-state index is -0.0320. The number of carbonyl (C=O) groups excluding carboxylic acids is 1. The van der Waals surface area contributed by atoms with E-state index in [1.807, 2.05) is 0 Å². The van der Waals surface area contributed by atoms with Crippen LogP contribution in [0.15, 0.2) is 77.9 Å². The lowest BCUT2D eigenvalue weighted by Crippen LogP contribution is -2.41. The molecule has 2 aromatic carbocycles. The molecule has 5 rings (SSSR count). The lowest BCUT2D eigenvalue weighted by molar-refractivity contribution is 0.100. The quantitative estimate of drug-likeness (QED) is 0.311. The Balaban J connectivity index is 1.25. The van der Waals surface area contributed by atoms with Gasteiger partial charge >= 0.3 is 0 Å². The van der Waals surface area contributed by atoms with Gasteiger partial charge in [-0.05, 0) is 68.1 Å². The zero-order valence-electron chi connectivity index (χ0n) is 20.1. The van der Waals surface area contributed by atoms with E-state index in [9.17, 15) is 4.79 Å². The van der Waals surface area contributed by atoms with E-state index in [4.69, 9.17) is 16.6 Å². The van der Waals surface area contributed by atoms with E-state index < -0.39 is 0 Å². The number of fused-ring (bicyclic) bond motifs is 2. The van der Waals surface area contributed by atoms with Gasteiger partial charge in [-0.3, -0.25) is 14.7 Å². The van der Waals surface area contributed by atoms with Crippen molar-refractivity contribution in [1.82, 2.24) is 9.88 Å². The third kappa shape index (κ3) is 5.29. The summed E-state index contributed by atoms with van der Waals surface area (Å²) in [7, 11) is 0. The van der Waals surface area contributed by atoms with Crippen molar-refractivity contribution >= 4 is 29.2 Å². The van der Waals surface area contributed by atoms with E-state index in [0.29, 0.717) is 10.7 Å². The first-order valence-corrected chi connectivity index (χ1v) is 12.6. The highest BCUT2D eigenvalue weighted by Crippen LogP contribution is 2.46. The van der Waals surface area contributed by atoms with Gasteiger partial charge in [0.05, 0.1) is 0 Å². The van der Waals surface area contributed by atoms with Gasteiger partial charge in [0.25, 0.3) is 0 Å². The Morgan fingerprint density at radius 1 is 1.11 bits per heavy atom. The maximum absolute atomic E-state index is 12.7. The molecule has 0 bridgehead atoms. The monoisotopic (exact) mass is 483 g/mol. The highest BCUT2D eigenvalue weighted by atomic mass is 35.5. The van der Waals surface area contributed by atoms with Gasteiger partial charge in [-0.1, -0.05) is 77.8 Å². The first-order valence-electron chi connectivity index (χ1n) is 12.3. The van der Waals surface area contributed by atoms with Gasteiger partial charge in [0.1, 0.15) is 11.7 Å². The Morgan fingerprint density at radius 2 is 1.89 bits per heavy atom. The molecule has 2 aliphatic rings. The summed E-state index contributed by atoms with van der Waals surface area (Å²) in [4.78, 5) is 24.0. The maximum Gasteiger partial charge on any atom is 0.184 e. The third-order valence-corrected chi connectivity index (χ3v) is 7.55. The molecule has 1 saturated heterocycles. The molecule has 0 saturated carbocycles. The van der Waals surface area contributed by atoms with Crippen LogP contribution in [-0.2, 0) is 5.41 Å². The number of ketones is 1. The minimum Gasteiger partial charge on any atom is -0.300 e. The molecule has 1 aliphatic heterocycles. The number of halogens is 1. The number of aryl methyl sites for hydroxylation is 1. The molecule has 1 aliphatic carbocycles. The Hall–Kier alpha value is -3.08. The van der Waals surface area contributed by atoms with Crippen molar-refractivity contribution in [2.75, 3.05) is 26.2 Å². The second kappa shape index (κ2) is 10.3. The van der Waals surface area contributed by atoms with Crippen molar-refractivity contribution in [3.8, 4) is 0 Å². The predicted octanol–water partition coefficient (Wildman–Crippen LogP) is 6.17. The molecule has 0 atom stereocenters. The molecule has 0 amide bonds. The standard InChI is InChI=1S/C30H30ClN3O/c1-22-8-10-23(11-9-22)5-4-16-34-17-13-30(14-18-34)20-27(25-6-2-3-7-26(25)30)33-21-28(35)24-12-15-32-29(31)19-24/h2-12,15,19H,13-14,16-18,20-21H2,1H3/b5-4+,33-27?. The summed E-state index contributed by atoms with van der Waals surface area (Å²) < 4.78 is 0. The number of aliphatic imine (C=N–C) groups is 1. The van der Waals surface area contributed by atoms with E-state index >= 15 is 0 Å². The average molecular weight is 484 g/mol. The van der Waals surface area contributed by atoms with Crippen LogP contribution in [0.5, 0.6) is 0 Å². The van der Waals surface area contributed by atoms with Gasteiger partial charge in [-0.2, -0.15) is 0 Å². The molecular weight excluding hydrogens is 454 g/mol. The molecule has 1 spiro atoms. The number of hydrogen-bond acceptors (Lipinski definition) is 4. The summed E-state index contributed by atoms with van der Waals surface area (Å²) in [5.41, 5.74) is 6.88. The molecule has 178 valence electrons. The molecule has 0 unspecified atom stereocenters. The zero-order valence-corrected chi connectivity index (χ0v) is 20.8. The molecule has 3 aromatic rings. The van der Waals surface area contributed by atoms with Crippen LogP contribution in [0, 0.1) is 6.92 Å². The molecule has 2 heterocycles. The topological polar surface area (TPSA) is 45.6 Å². The Labute approximate surface area is 212 Å². The van der Waals surface area contributed by atoms with Crippen molar-refractivity contribution in [3.63, 3.8) is 0 Å². The number of aromatic nitrogens is 1. The van der Waals surface area contributed by atoms with Crippen LogP contribution in [0.3, 0.4) is 0 Å². The number of benzene rings is 2. The summed E-state index contributed by atoms with van der Waals surface area (Å²) in [6, 6.07) is 20.6. The smallest absolute Gasteiger partial charge is 0.184 e. The molecule has 5 heteroatoms. The third-order valence-electron chi connectivity index (χ3n) is 7.34. The van der Waals surface area contributed by atoms with Gasteiger partial charge in [0.15, 0.2) is 5.78 Å². The van der Waals surface area contributed by atoms with Crippen LogP contribution in [-0.4, -0.2) is 47.6 Å². The van der Waals surface area contributed by atoms with E-state index in [-0.39, 0.29) is 17.7 Å². The highest BCUT2D eigenvalue weighted by molar-refractivity contribution is 6.29. The number of nitrogens with zero attached hydrogens (tertiary/aromatic N) is 3. The lowest BCUT2D eigenvalue weighted by Gasteiger charge is -2.39. The number of likely N-dealkylation sites (tertiary alicyclic amines) is 1. The Bertz CT molecular complexity index is 1270. The largest absolute Gasteiger partial charge is 0.300 e. The predicted molar refractivity (Wildman–Crippen MR) is 144 cm³/mol. The number of piperidine rings is 1. The van der Waals surface area contributed by atoms with Crippen LogP contribution in [0.2, 0.25) is 5.15 Å². The molecule has 35 heavy (non-hydrogen) atoms. The first kappa shape index (κ1) is 23.7. The minimum absolute atomic E-state index is 0.0320. The molecule has 1 aromatic heterocycles. The maximum atomic E-state index is 12.7. The molecule has 1 fully saturated rings. The van der Waals surface area contributed by atoms with Gasteiger partial charge in [0, 0.05) is 29.4 Å². The SMILES string of the molecule is Cc1ccc(/C=C/CN2CCC3(CC2)CC(=NCC(=O)c2ccnc(Cl)c2)c2ccccc23)cc1. The van der Waals surface area contributed by atoms with Crippen LogP contribution < -0.4 is 0 Å². The Kier molecular flexibility index (Phi) is 6.94. The molecule has 4 nitrogen and oxygen atoms in total. The fraction of sp³-hybridized carbons (Fsp3) is 0.300. The van der Waals surface area contributed by atoms with E-state index in [2.05, 4.69) is 77.5 Å². The van der Waals surface area contributed by atoms with E-state index in [1.165, 1.54) is 22.3 Å². The number of rotatable bonds is 6. The second-order valence-electron chi connectivity index (χ2n) is 9.67. The molecule has 0 radical (unpaired) electrons. The molecular formula is C30H30ClN3O. The van der Waals surface area contributed by atoms with E-state index in [1.54, 1.807) is 18.3 Å². The fourth-order valence-electron chi connectivity index (χ4n) is 5.31.